The average molecular weight is 316 g/mol. The van der Waals surface area contributed by atoms with Crippen molar-refractivity contribution in [3.63, 3.8) is 0 Å². The number of benzene rings is 1. The van der Waals surface area contributed by atoms with Gasteiger partial charge in [-0.25, -0.2) is 0 Å². The zero-order valence-corrected chi connectivity index (χ0v) is 14.6. The SMILES string of the molecule is CCOC1CCC(COC2CCC(c3ccccc3)CC2)CC1. The molecule has 2 heteroatoms. The highest BCUT2D eigenvalue weighted by Crippen LogP contribution is 2.34. The molecule has 2 fully saturated rings. The third-order valence-corrected chi connectivity index (χ3v) is 5.71. The molecule has 0 atom stereocenters. The highest BCUT2D eigenvalue weighted by Gasteiger charge is 2.25. The van der Waals surface area contributed by atoms with Gasteiger partial charge in [0.15, 0.2) is 0 Å². The summed E-state index contributed by atoms with van der Waals surface area (Å²) in [6.45, 7) is 3.93. The molecule has 0 spiro atoms. The first-order chi connectivity index (χ1) is 11.3. The van der Waals surface area contributed by atoms with Crippen LogP contribution in [0.5, 0.6) is 0 Å². The molecule has 1 aromatic carbocycles. The second kappa shape index (κ2) is 8.84. The van der Waals surface area contributed by atoms with Gasteiger partial charge in [-0.05, 0) is 75.7 Å². The van der Waals surface area contributed by atoms with Crippen molar-refractivity contribution in [3.05, 3.63) is 35.9 Å². The lowest BCUT2D eigenvalue weighted by atomic mass is 9.82. The fourth-order valence-electron chi connectivity index (χ4n) is 4.26. The molecule has 0 unspecified atom stereocenters. The van der Waals surface area contributed by atoms with Crippen LogP contribution >= 0.6 is 0 Å². The number of rotatable bonds is 6. The Labute approximate surface area is 141 Å². The molecule has 0 N–H and O–H groups in total. The van der Waals surface area contributed by atoms with Crippen molar-refractivity contribution in [3.8, 4) is 0 Å². The van der Waals surface area contributed by atoms with Gasteiger partial charge in [0.05, 0.1) is 12.2 Å². The number of hydrogen-bond donors (Lipinski definition) is 0. The van der Waals surface area contributed by atoms with E-state index in [9.17, 15) is 0 Å². The van der Waals surface area contributed by atoms with Crippen molar-refractivity contribution in [1.29, 1.82) is 0 Å². The van der Waals surface area contributed by atoms with E-state index in [1.54, 1.807) is 0 Å². The Balaban J connectivity index is 1.34. The quantitative estimate of drug-likeness (QED) is 0.706. The first-order valence-corrected chi connectivity index (χ1v) is 9.63. The van der Waals surface area contributed by atoms with E-state index < -0.39 is 0 Å². The molecule has 0 heterocycles. The van der Waals surface area contributed by atoms with Crippen LogP contribution in [0.3, 0.4) is 0 Å². The lowest BCUT2D eigenvalue weighted by Crippen LogP contribution is -2.27. The standard InChI is InChI=1S/C21H32O2/c1-2-22-20-12-8-17(9-13-20)16-23-21-14-10-19(11-15-21)18-6-4-3-5-7-18/h3-7,17,19-21H,2,8-16H2,1H3. The molecular formula is C21H32O2. The van der Waals surface area contributed by atoms with Crippen LogP contribution in [0.4, 0.5) is 0 Å². The van der Waals surface area contributed by atoms with Crippen molar-refractivity contribution in [2.75, 3.05) is 13.2 Å². The molecule has 1 aromatic rings. The van der Waals surface area contributed by atoms with E-state index in [-0.39, 0.29) is 0 Å². The van der Waals surface area contributed by atoms with Crippen LogP contribution in [0, 0.1) is 5.92 Å². The summed E-state index contributed by atoms with van der Waals surface area (Å²) in [5.74, 6) is 1.51. The largest absolute Gasteiger partial charge is 0.379 e. The van der Waals surface area contributed by atoms with Crippen LogP contribution in [0.1, 0.15) is 69.8 Å². The van der Waals surface area contributed by atoms with Crippen LogP contribution in [0.15, 0.2) is 30.3 Å². The molecule has 3 rings (SSSR count). The monoisotopic (exact) mass is 316 g/mol. The Morgan fingerprint density at radius 2 is 1.39 bits per heavy atom. The minimum Gasteiger partial charge on any atom is -0.379 e. The average Bonchev–Trinajstić information content (AvgIpc) is 2.63. The summed E-state index contributed by atoms with van der Waals surface area (Å²) in [6.07, 6.45) is 11.1. The summed E-state index contributed by atoms with van der Waals surface area (Å²) in [5.41, 5.74) is 1.51. The van der Waals surface area contributed by atoms with Crippen LogP contribution in [0.2, 0.25) is 0 Å². The molecule has 0 aromatic heterocycles. The third kappa shape index (κ3) is 5.06. The molecule has 2 saturated carbocycles. The molecule has 2 aliphatic rings. The van der Waals surface area contributed by atoms with Crippen LogP contribution in [0.25, 0.3) is 0 Å². The van der Waals surface area contributed by atoms with Crippen LogP contribution in [-0.4, -0.2) is 25.4 Å². The fourth-order valence-corrected chi connectivity index (χ4v) is 4.26. The first kappa shape index (κ1) is 17.0. The molecule has 0 bridgehead atoms. The van der Waals surface area contributed by atoms with Crippen LogP contribution < -0.4 is 0 Å². The normalized spacial score (nSPS) is 31.9. The van der Waals surface area contributed by atoms with Gasteiger partial charge in [-0.2, -0.15) is 0 Å². The predicted octanol–water partition coefficient (Wildman–Crippen LogP) is 5.32. The van der Waals surface area contributed by atoms with E-state index in [2.05, 4.69) is 37.3 Å². The van der Waals surface area contributed by atoms with Crippen molar-refractivity contribution in [2.45, 2.75) is 76.4 Å². The second-order valence-electron chi connectivity index (χ2n) is 7.32. The Morgan fingerprint density at radius 1 is 0.783 bits per heavy atom. The summed E-state index contributed by atoms with van der Waals surface area (Å²) in [6, 6.07) is 11.0. The Hall–Kier alpha value is -0.860. The minimum atomic E-state index is 0.500. The molecule has 0 aliphatic heterocycles. The van der Waals surface area contributed by atoms with Crippen molar-refractivity contribution < 1.29 is 9.47 Å². The molecule has 0 amide bonds. The molecule has 0 radical (unpaired) electrons. The summed E-state index contributed by atoms with van der Waals surface area (Å²) in [5, 5.41) is 0. The Morgan fingerprint density at radius 3 is 2.04 bits per heavy atom. The van der Waals surface area contributed by atoms with Gasteiger partial charge in [0.1, 0.15) is 0 Å². The van der Waals surface area contributed by atoms with E-state index in [0.717, 1.165) is 25.0 Å². The first-order valence-electron chi connectivity index (χ1n) is 9.63. The number of hydrogen-bond acceptors (Lipinski definition) is 2. The maximum absolute atomic E-state index is 6.26. The van der Waals surface area contributed by atoms with Gasteiger partial charge in [-0.3, -0.25) is 0 Å². The second-order valence-corrected chi connectivity index (χ2v) is 7.32. The van der Waals surface area contributed by atoms with E-state index in [4.69, 9.17) is 9.47 Å². The molecule has 0 saturated heterocycles. The van der Waals surface area contributed by atoms with E-state index in [1.165, 1.54) is 56.9 Å². The Bertz CT molecular complexity index is 428. The zero-order valence-electron chi connectivity index (χ0n) is 14.6. The number of ether oxygens (including phenoxy) is 2. The molecule has 128 valence electrons. The smallest absolute Gasteiger partial charge is 0.0575 e. The topological polar surface area (TPSA) is 18.5 Å². The highest BCUT2D eigenvalue weighted by atomic mass is 16.5. The van der Waals surface area contributed by atoms with E-state index in [0.29, 0.717) is 12.2 Å². The molecule has 2 nitrogen and oxygen atoms in total. The van der Waals surface area contributed by atoms with E-state index in [1.807, 2.05) is 0 Å². The molecule has 2 aliphatic carbocycles. The molecular weight excluding hydrogens is 284 g/mol. The van der Waals surface area contributed by atoms with Gasteiger partial charge in [0.2, 0.25) is 0 Å². The van der Waals surface area contributed by atoms with Crippen molar-refractivity contribution in [1.82, 2.24) is 0 Å². The predicted molar refractivity (Wildman–Crippen MR) is 94.8 cm³/mol. The fraction of sp³-hybridized carbons (Fsp3) is 0.714. The third-order valence-electron chi connectivity index (χ3n) is 5.71. The summed E-state index contributed by atoms with van der Waals surface area (Å²) in [7, 11) is 0. The van der Waals surface area contributed by atoms with Gasteiger partial charge in [-0.1, -0.05) is 30.3 Å². The maximum atomic E-state index is 6.26. The van der Waals surface area contributed by atoms with Gasteiger partial charge in [-0.15, -0.1) is 0 Å². The zero-order chi connectivity index (χ0) is 15.9. The van der Waals surface area contributed by atoms with Gasteiger partial charge < -0.3 is 9.47 Å². The lowest BCUT2D eigenvalue weighted by Gasteiger charge is -2.32. The Kier molecular flexibility index (Phi) is 6.53. The summed E-state index contributed by atoms with van der Waals surface area (Å²) in [4.78, 5) is 0. The molecule has 23 heavy (non-hydrogen) atoms. The maximum Gasteiger partial charge on any atom is 0.0575 e. The van der Waals surface area contributed by atoms with Gasteiger partial charge >= 0.3 is 0 Å². The highest BCUT2D eigenvalue weighted by molar-refractivity contribution is 5.19. The van der Waals surface area contributed by atoms with Crippen LogP contribution in [-0.2, 0) is 9.47 Å². The lowest BCUT2D eigenvalue weighted by molar-refractivity contribution is -0.0230. The van der Waals surface area contributed by atoms with Gasteiger partial charge in [0.25, 0.3) is 0 Å². The summed E-state index contributed by atoms with van der Waals surface area (Å²) >= 11 is 0. The van der Waals surface area contributed by atoms with Gasteiger partial charge in [0, 0.05) is 13.2 Å². The summed E-state index contributed by atoms with van der Waals surface area (Å²) < 4.78 is 12.0. The van der Waals surface area contributed by atoms with Crippen molar-refractivity contribution in [2.24, 2.45) is 5.92 Å². The van der Waals surface area contributed by atoms with Crippen molar-refractivity contribution >= 4 is 0 Å². The van der Waals surface area contributed by atoms with E-state index >= 15 is 0 Å². The minimum absolute atomic E-state index is 0.500.